The first-order valence-electron chi connectivity index (χ1n) is 12.7. The van der Waals surface area contributed by atoms with Crippen molar-refractivity contribution in [2.24, 2.45) is 5.16 Å². The van der Waals surface area contributed by atoms with Gasteiger partial charge in [-0.3, -0.25) is 14.5 Å². The van der Waals surface area contributed by atoms with E-state index in [9.17, 15) is 39.6 Å². The number of carbonyl (C=O) groups excluding carboxylic acids is 3. The number of amides is 2. The molecule has 4 rings (SSSR count). The minimum Gasteiger partial charge on any atom is -0.543 e. The number of hydrogen-bond acceptors (Lipinski definition) is 13. The summed E-state index contributed by atoms with van der Waals surface area (Å²) in [6.07, 6.45) is 0. The average molecular weight is 635 g/mol. The summed E-state index contributed by atoms with van der Waals surface area (Å²) >= 11 is 2.26. The van der Waals surface area contributed by atoms with E-state index in [1.54, 1.807) is 6.07 Å². The fourth-order valence-electron chi connectivity index (χ4n) is 4.54. The summed E-state index contributed by atoms with van der Waals surface area (Å²) in [7, 11) is 3.70. The predicted octanol–water partition coefficient (Wildman–Crippen LogP) is -0.599. The number of phenols is 2. The lowest BCUT2D eigenvalue weighted by molar-refractivity contribution is -0.899. The number of thiazole rings is 1. The van der Waals surface area contributed by atoms with Crippen LogP contribution in [0, 0.1) is 0 Å². The second kappa shape index (κ2) is 11.7. The third kappa shape index (κ3) is 6.68. The van der Waals surface area contributed by atoms with E-state index >= 15 is 0 Å². The fourth-order valence-corrected chi connectivity index (χ4v) is 6.42. The number of oxime groups is 1. The van der Waals surface area contributed by atoms with Gasteiger partial charge in [0.1, 0.15) is 30.2 Å². The average Bonchev–Trinajstić information content (AvgIpc) is 3.34. The van der Waals surface area contributed by atoms with Crippen LogP contribution >= 0.6 is 23.1 Å². The van der Waals surface area contributed by atoms with Crippen LogP contribution in [0.5, 0.6) is 11.5 Å². The van der Waals surface area contributed by atoms with Gasteiger partial charge in [-0.1, -0.05) is 5.16 Å². The van der Waals surface area contributed by atoms with Crippen LogP contribution in [-0.2, 0) is 30.6 Å². The zero-order chi connectivity index (χ0) is 31.9. The number of aromatic nitrogens is 1. The Morgan fingerprint density at radius 3 is 2.53 bits per heavy atom. The summed E-state index contributed by atoms with van der Waals surface area (Å²) in [5, 5.41) is 48.0. The lowest BCUT2D eigenvalue weighted by Crippen LogP contribution is -2.71. The highest BCUT2D eigenvalue weighted by Gasteiger charge is 2.53. The molecular formula is C26H30N6O9S2. The maximum atomic E-state index is 13.2. The second-order valence-electron chi connectivity index (χ2n) is 11.1. The lowest BCUT2D eigenvalue weighted by Gasteiger charge is -2.51. The van der Waals surface area contributed by atoms with Gasteiger partial charge in [0.2, 0.25) is 5.60 Å². The quantitative estimate of drug-likeness (QED) is 0.0686. The highest BCUT2D eigenvalue weighted by Crippen LogP contribution is 2.41. The zero-order valence-corrected chi connectivity index (χ0v) is 25.2. The number of likely N-dealkylation sites (N-methyl/N-ethyl adjacent to an activating group) is 1. The van der Waals surface area contributed by atoms with E-state index in [-0.39, 0.29) is 44.8 Å². The first-order chi connectivity index (χ1) is 20.0. The molecule has 2 atom stereocenters. The number of β-lactam (4-membered cyclic amide) rings is 1. The van der Waals surface area contributed by atoms with E-state index in [0.29, 0.717) is 17.7 Å². The molecule has 2 amide bonds. The van der Waals surface area contributed by atoms with Crippen molar-refractivity contribution < 1.29 is 48.9 Å². The van der Waals surface area contributed by atoms with Crippen LogP contribution in [0.15, 0.2) is 40.0 Å². The van der Waals surface area contributed by atoms with E-state index in [4.69, 9.17) is 10.6 Å². The molecule has 17 heteroatoms. The Hall–Kier alpha value is -4.35. The summed E-state index contributed by atoms with van der Waals surface area (Å²) in [6, 6.07) is 3.31. The van der Waals surface area contributed by atoms with Gasteiger partial charge in [0.25, 0.3) is 11.8 Å². The van der Waals surface area contributed by atoms with Gasteiger partial charge in [0.15, 0.2) is 22.3 Å². The van der Waals surface area contributed by atoms with Crippen LogP contribution in [0.3, 0.4) is 0 Å². The molecular weight excluding hydrogens is 604 g/mol. The Labute approximate surface area is 253 Å². The van der Waals surface area contributed by atoms with Gasteiger partial charge in [-0.25, -0.2) is 9.78 Å². The topological polar surface area (TPSA) is 228 Å². The number of carboxylic acid groups (broad SMARTS) is 2. The van der Waals surface area contributed by atoms with E-state index in [1.807, 2.05) is 14.1 Å². The number of phenolic OH excluding ortho intramolecular Hbond substituents is 2. The summed E-state index contributed by atoms with van der Waals surface area (Å²) in [4.78, 5) is 60.3. The molecule has 0 spiro atoms. The van der Waals surface area contributed by atoms with Crippen LogP contribution in [0.2, 0.25) is 0 Å². The van der Waals surface area contributed by atoms with Crippen molar-refractivity contribution in [1.29, 1.82) is 0 Å². The maximum Gasteiger partial charge on any atom is 0.350 e. The number of carbonyl (C=O) groups is 4. The van der Waals surface area contributed by atoms with Crippen molar-refractivity contribution in [2.45, 2.75) is 37.4 Å². The van der Waals surface area contributed by atoms with Gasteiger partial charge in [-0.15, -0.1) is 23.1 Å². The molecule has 3 heterocycles. The Balaban J connectivity index is 1.53. The predicted molar refractivity (Wildman–Crippen MR) is 153 cm³/mol. The number of benzene rings is 1. The number of fused-ring (bicyclic) bond motifs is 1. The summed E-state index contributed by atoms with van der Waals surface area (Å²) in [6.45, 7) is 3.07. The van der Waals surface area contributed by atoms with E-state index in [2.05, 4.69) is 15.5 Å². The number of quaternary nitrogens is 1. The highest BCUT2D eigenvalue weighted by atomic mass is 32.2. The number of hydrogen-bond donors (Lipinski definition) is 5. The molecule has 1 saturated heterocycles. The molecule has 15 nitrogen and oxygen atoms in total. The van der Waals surface area contributed by atoms with Crippen LogP contribution in [0.4, 0.5) is 5.13 Å². The third-order valence-electron chi connectivity index (χ3n) is 6.66. The molecule has 2 unspecified atom stereocenters. The van der Waals surface area contributed by atoms with Crippen LogP contribution in [0.1, 0.15) is 25.1 Å². The van der Waals surface area contributed by atoms with Gasteiger partial charge in [-0.2, -0.15) is 0 Å². The Bertz CT molecular complexity index is 1550. The van der Waals surface area contributed by atoms with Crippen molar-refractivity contribution in [2.75, 3.05) is 32.1 Å². The normalized spacial score (nSPS) is 19.0. The second-order valence-corrected chi connectivity index (χ2v) is 13.1. The molecule has 6 N–H and O–H groups in total. The number of aliphatic carboxylic acids is 2. The molecule has 43 heavy (non-hydrogen) atoms. The molecule has 2 aliphatic rings. The number of thioether (sulfide) groups is 1. The van der Waals surface area contributed by atoms with Crippen molar-refractivity contribution in [3.05, 3.63) is 46.1 Å². The van der Waals surface area contributed by atoms with Crippen molar-refractivity contribution in [3.8, 4) is 11.5 Å². The smallest absolute Gasteiger partial charge is 0.350 e. The van der Waals surface area contributed by atoms with Crippen LogP contribution in [-0.4, -0.2) is 103 Å². The Kier molecular flexibility index (Phi) is 8.62. The molecule has 0 aliphatic carbocycles. The van der Waals surface area contributed by atoms with Crippen molar-refractivity contribution in [1.82, 2.24) is 15.2 Å². The van der Waals surface area contributed by atoms with E-state index in [1.165, 1.54) is 43.1 Å². The third-order valence-corrected chi connectivity index (χ3v) is 8.67. The minimum atomic E-state index is -1.78. The minimum absolute atomic E-state index is 0.000619. The largest absolute Gasteiger partial charge is 0.543 e. The Morgan fingerprint density at radius 2 is 1.95 bits per heavy atom. The molecule has 0 bridgehead atoms. The maximum absolute atomic E-state index is 13.2. The number of rotatable bonds is 11. The van der Waals surface area contributed by atoms with Crippen molar-refractivity contribution >= 4 is 57.7 Å². The monoisotopic (exact) mass is 634 g/mol. The summed E-state index contributed by atoms with van der Waals surface area (Å²) < 4.78 is 0.257. The molecule has 1 aromatic carbocycles. The van der Waals surface area contributed by atoms with Crippen LogP contribution < -0.4 is 16.2 Å². The van der Waals surface area contributed by atoms with Gasteiger partial charge in [0, 0.05) is 22.3 Å². The molecule has 2 aliphatic heterocycles. The lowest BCUT2D eigenvalue weighted by atomic mass is 10.0. The van der Waals surface area contributed by atoms with Crippen LogP contribution in [0.25, 0.3) is 0 Å². The number of anilines is 1. The first kappa shape index (κ1) is 31.6. The molecule has 2 aromatic rings. The number of aromatic hydroxyl groups is 2. The molecule has 1 aromatic heterocycles. The van der Waals surface area contributed by atoms with Gasteiger partial charge >= 0.3 is 5.97 Å². The highest BCUT2D eigenvalue weighted by molar-refractivity contribution is 8.00. The zero-order valence-electron chi connectivity index (χ0n) is 23.6. The summed E-state index contributed by atoms with van der Waals surface area (Å²) in [5.41, 5.74) is 4.38. The molecule has 0 radical (unpaired) electrons. The molecule has 0 saturated carbocycles. The summed E-state index contributed by atoms with van der Waals surface area (Å²) in [5.74, 6) is -4.75. The van der Waals surface area contributed by atoms with E-state index in [0.717, 1.165) is 16.2 Å². The molecule has 1 fully saturated rings. The standard InChI is InChI=1S/C26H30N6O9S2/c1-26(2,24(39)40)41-30-17(14-11-43-25(27)28-14)20(35)29-18-21(36)31-19(23(37)38)13(10-42-22(18)31)9-32(3,4)8-12-5-6-15(33)16(34)7-12/h5-7,11,18,22H,8-10H2,1-4H3,(H6-,27,28,29,30,33,34,35,37,38,39,40). The van der Waals surface area contributed by atoms with Crippen molar-refractivity contribution in [3.63, 3.8) is 0 Å². The molecule has 230 valence electrons. The first-order valence-corrected chi connectivity index (χ1v) is 14.7. The van der Waals surface area contributed by atoms with Gasteiger partial charge < -0.3 is 45.6 Å². The SMILES string of the molecule is CC(C)(O/N=C(\C(=O)NC1C(=O)N2C(C(=O)[O-])=C(C[N+](C)(C)Cc3ccc(O)c(O)c3)CSC12)c1csc(N)n1)C(=O)O. The number of carboxylic acids is 2. The number of nitrogen functional groups attached to an aromatic ring is 1. The van der Waals surface area contributed by atoms with E-state index < -0.39 is 46.5 Å². The number of nitrogens with zero attached hydrogens (tertiary/aromatic N) is 4. The van der Waals surface area contributed by atoms with Gasteiger partial charge in [0.05, 0.1) is 25.8 Å². The Morgan fingerprint density at radius 1 is 1.26 bits per heavy atom. The number of nitrogens with two attached hydrogens (primary N) is 1. The fraction of sp³-hybridized carbons (Fsp3) is 0.385. The number of nitrogens with one attached hydrogen (secondary N) is 1. The van der Waals surface area contributed by atoms with Gasteiger partial charge in [-0.05, 0) is 32.0 Å².